The fourth-order valence-electron chi connectivity index (χ4n) is 2.55. The number of carboxylic acid groups (broad SMARTS) is 2. The number of aliphatic carboxylic acids is 2. The molecule has 1 rings (SSSR count). The fraction of sp³-hybridized carbons (Fsp3) is 0.692. The molecule has 0 bridgehead atoms. The molecule has 0 aromatic heterocycles. The first-order chi connectivity index (χ1) is 8.34. The van der Waals surface area contributed by atoms with Crippen molar-refractivity contribution >= 4 is 71.1 Å². The molecule has 5 nitrogen and oxygen atoms in total. The Morgan fingerprint density at radius 2 is 1.40 bits per heavy atom. The largest absolute Gasteiger partial charge is 0.478 e. The topological polar surface area (TPSA) is 94.8 Å². The molecule has 1 aliphatic rings. The van der Waals surface area contributed by atoms with Gasteiger partial charge in [0.15, 0.2) is 0 Å². The van der Waals surface area contributed by atoms with Gasteiger partial charge in [-0.25, -0.2) is 9.59 Å². The molecule has 0 amide bonds. The van der Waals surface area contributed by atoms with Gasteiger partial charge in [-0.1, -0.05) is 13.8 Å². The first-order valence-corrected chi connectivity index (χ1v) is 6.23. The van der Waals surface area contributed by atoms with Gasteiger partial charge >= 0.3 is 11.9 Å². The monoisotopic (exact) mass is 302 g/mol. The maximum atomic E-state index is 11.3. The van der Waals surface area contributed by atoms with Crippen molar-refractivity contribution in [2.45, 2.75) is 45.6 Å². The summed E-state index contributed by atoms with van der Waals surface area (Å²) in [4.78, 5) is 22.6. The molecule has 0 aliphatic heterocycles. The Morgan fingerprint density at radius 1 is 0.950 bits per heavy atom. The summed E-state index contributed by atoms with van der Waals surface area (Å²) in [6.07, 6.45) is 1.75. The van der Waals surface area contributed by atoms with Crippen LogP contribution in [0, 0.1) is 11.8 Å². The summed E-state index contributed by atoms with van der Waals surface area (Å²) < 4.78 is 0. The van der Waals surface area contributed by atoms with Crippen molar-refractivity contribution in [1.29, 1.82) is 0 Å². The van der Waals surface area contributed by atoms with Crippen molar-refractivity contribution in [1.82, 2.24) is 0 Å². The van der Waals surface area contributed by atoms with E-state index in [1.54, 1.807) is 13.8 Å². The average molecular weight is 302 g/mol. The van der Waals surface area contributed by atoms with Crippen LogP contribution in [0.5, 0.6) is 0 Å². The van der Waals surface area contributed by atoms with Crippen LogP contribution in [0.3, 0.4) is 0 Å². The summed E-state index contributed by atoms with van der Waals surface area (Å²) in [7, 11) is 0. The molecule has 3 N–H and O–H groups in total. The van der Waals surface area contributed by atoms with E-state index in [2.05, 4.69) is 0 Å². The van der Waals surface area contributed by atoms with Gasteiger partial charge in [-0.2, -0.15) is 0 Å². The van der Waals surface area contributed by atoms with Gasteiger partial charge in [0, 0.05) is 59.1 Å². The van der Waals surface area contributed by atoms with E-state index in [9.17, 15) is 24.9 Å². The zero-order chi connectivity index (χ0) is 13.9. The minimum atomic E-state index is -1.16. The number of rotatable bonds is 4. The van der Waals surface area contributed by atoms with E-state index in [0.29, 0.717) is 25.7 Å². The van der Waals surface area contributed by atoms with Crippen molar-refractivity contribution in [3.63, 3.8) is 0 Å². The molecule has 0 unspecified atom stereocenters. The zero-order valence-corrected chi connectivity index (χ0v) is 16.7. The third kappa shape index (κ3) is 6.18. The first kappa shape index (κ1) is 22.9. The first-order valence-electron chi connectivity index (χ1n) is 6.23. The molecule has 20 heavy (non-hydrogen) atoms. The van der Waals surface area contributed by atoms with Crippen LogP contribution in [0.1, 0.15) is 39.5 Å². The van der Waals surface area contributed by atoms with Crippen LogP contribution >= 0.6 is 0 Å². The molecule has 104 valence electrons. The Labute approximate surface area is 163 Å². The summed E-state index contributed by atoms with van der Waals surface area (Å²) in [5.74, 6) is -2.91. The molecule has 0 atom stereocenters. The maximum absolute atomic E-state index is 11.3. The van der Waals surface area contributed by atoms with Crippen LogP contribution < -0.4 is 0 Å². The molecule has 7 heteroatoms. The van der Waals surface area contributed by atoms with Crippen LogP contribution in [-0.4, -0.2) is 92.5 Å². The minimum Gasteiger partial charge on any atom is -0.478 e. The molecule has 1 aliphatic carbocycles. The summed E-state index contributed by atoms with van der Waals surface area (Å²) >= 11 is 0. The number of hydrogen-bond donors (Lipinski definition) is 3. The summed E-state index contributed by atoms with van der Waals surface area (Å²) in [5, 5.41) is 27.9. The molecular formula is C13H20Na2O5. The predicted molar refractivity (Wildman–Crippen MR) is 76.6 cm³/mol. The standard InChI is InChI=1S/C13H20O5.2Na/c1-7(2)10(12(15)16)11(13(17)18)8-3-5-9(14)6-4-8;;/h7-9,14H,3-6H2,1-2H3,(H,15,16)(H,17,18);;/t8-,9-;;. The van der Waals surface area contributed by atoms with Crippen LogP contribution in [0.25, 0.3) is 0 Å². The second kappa shape index (κ2) is 10.4. The normalized spacial score (nSPS) is 23.2. The Kier molecular flexibility index (Phi) is 11.9. The second-order valence-corrected chi connectivity index (χ2v) is 5.10. The Bertz CT molecular complexity index is 371. The van der Waals surface area contributed by atoms with Crippen molar-refractivity contribution < 1.29 is 24.9 Å². The van der Waals surface area contributed by atoms with E-state index in [4.69, 9.17) is 0 Å². The molecule has 1 fully saturated rings. The summed E-state index contributed by atoms with van der Waals surface area (Å²) in [5.41, 5.74) is 0.00768. The van der Waals surface area contributed by atoms with E-state index in [-0.39, 0.29) is 88.2 Å². The third-order valence-electron chi connectivity index (χ3n) is 3.43. The molecule has 0 saturated heterocycles. The van der Waals surface area contributed by atoms with Gasteiger partial charge in [-0.15, -0.1) is 0 Å². The minimum absolute atomic E-state index is 0. The van der Waals surface area contributed by atoms with Crippen LogP contribution in [0.2, 0.25) is 0 Å². The van der Waals surface area contributed by atoms with E-state index < -0.39 is 11.9 Å². The van der Waals surface area contributed by atoms with Crippen molar-refractivity contribution in [2.24, 2.45) is 11.8 Å². The van der Waals surface area contributed by atoms with E-state index >= 15 is 0 Å². The van der Waals surface area contributed by atoms with Crippen molar-refractivity contribution in [2.75, 3.05) is 0 Å². The average Bonchev–Trinajstić information content (AvgIpc) is 2.25. The number of hydrogen-bond acceptors (Lipinski definition) is 3. The van der Waals surface area contributed by atoms with Crippen LogP contribution in [-0.2, 0) is 9.59 Å². The molecule has 0 aromatic rings. The van der Waals surface area contributed by atoms with E-state index in [0.717, 1.165) is 0 Å². The fourth-order valence-corrected chi connectivity index (χ4v) is 2.55. The van der Waals surface area contributed by atoms with E-state index in [1.807, 2.05) is 0 Å². The van der Waals surface area contributed by atoms with Gasteiger partial charge < -0.3 is 15.3 Å². The van der Waals surface area contributed by atoms with Crippen molar-refractivity contribution in [3.05, 3.63) is 11.1 Å². The maximum Gasteiger partial charge on any atom is 0.332 e. The second-order valence-electron chi connectivity index (χ2n) is 5.10. The number of carbonyl (C=O) groups is 2. The smallest absolute Gasteiger partial charge is 0.332 e. The Morgan fingerprint density at radius 3 is 1.70 bits per heavy atom. The third-order valence-corrected chi connectivity index (χ3v) is 3.43. The molecule has 1 saturated carbocycles. The van der Waals surface area contributed by atoms with Gasteiger partial charge in [0.2, 0.25) is 0 Å². The van der Waals surface area contributed by atoms with Gasteiger partial charge in [0.25, 0.3) is 0 Å². The number of aliphatic hydroxyl groups excluding tert-OH is 1. The van der Waals surface area contributed by atoms with Gasteiger partial charge in [-0.05, 0) is 37.5 Å². The SMILES string of the molecule is CC(C)C(C(=O)O)=C(C(=O)O)[C@H]1CC[C@H](O)CC1.[Na].[Na]. The predicted octanol–water partition coefficient (Wildman–Crippen LogP) is 0.898. The van der Waals surface area contributed by atoms with Gasteiger partial charge in [-0.3, -0.25) is 0 Å². The number of carboxylic acids is 2. The van der Waals surface area contributed by atoms with Gasteiger partial charge in [0.05, 0.1) is 17.3 Å². The molecule has 0 aromatic carbocycles. The molecule has 0 spiro atoms. The Hall–Kier alpha value is 0.640. The van der Waals surface area contributed by atoms with E-state index in [1.165, 1.54) is 0 Å². The van der Waals surface area contributed by atoms with Crippen LogP contribution in [0.4, 0.5) is 0 Å². The van der Waals surface area contributed by atoms with Crippen LogP contribution in [0.15, 0.2) is 11.1 Å². The molecule has 2 radical (unpaired) electrons. The zero-order valence-electron chi connectivity index (χ0n) is 12.7. The molecule has 0 heterocycles. The number of aliphatic hydroxyl groups is 1. The molecular weight excluding hydrogens is 282 g/mol. The quantitative estimate of drug-likeness (QED) is 0.530. The Balaban J connectivity index is 0. The summed E-state index contributed by atoms with van der Waals surface area (Å²) in [6.45, 7) is 3.37. The van der Waals surface area contributed by atoms with Crippen molar-refractivity contribution in [3.8, 4) is 0 Å². The van der Waals surface area contributed by atoms with Gasteiger partial charge in [0.1, 0.15) is 0 Å². The summed E-state index contributed by atoms with van der Waals surface area (Å²) in [6, 6.07) is 0.